The number of aromatic nitrogens is 2. The van der Waals surface area contributed by atoms with E-state index in [1.807, 2.05) is 30.5 Å². The van der Waals surface area contributed by atoms with Gasteiger partial charge in [0.2, 0.25) is 5.91 Å². The van der Waals surface area contributed by atoms with E-state index in [1.165, 1.54) is 0 Å². The van der Waals surface area contributed by atoms with Gasteiger partial charge >= 0.3 is 5.97 Å². The monoisotopic (exact) mass is 313 g/mol. The van der Waals surface area contributed by atoms with Crippen LogP contribution in [0.25, 0.3) is 0 Å². The van der Waals surface area contributed by atoms with Crippen molar-refractivity contribution in [3.63, 3.8) is 0 Å². The maximum atomic E-state index is 12.2. The summed E-state index contributed by atoms with van der Waals surface area (Å²) in [5.41, 5.74) is 1.90. The molecule has 6 heteroatoms. The summed E-state index contributed by atoms with van der Waals surface area (Å²) in [6.45, 7) is 0.356. The summed E-state index contributed by atoms with van der Waals surface area (Å²) in [6, 6.07) is 7.68. The number of carbonyl (C=O) groups excluding carboxylic acids is 1. The van der Waals surface area contributed by atoms with Gasteiger partial charge in [-0.25, -0.2) is 0 Å². The van der Waals surface area contributed by atoms with E-state index in [1.54, 1.807) is 17.9 Å². The normalized spacial score (nSPS) is 15.2. The van der Waals surface area contributed by atoms with Gasteiger partial charge in [0.25, 0.3) is 0 Å². The van der Waals surface area contributed by atoms with Crippen molar-refractivity contribution in [2.75, 3.05) is 0 Å². The van der Waals surface area contributed by atoms with Crippen LogP contribution in [0.2, 0.25) is 0 Å². The third-order valence-corrected chi connectivity index (χ3v) is 4.38. The zero-order valence-electron chi connectivity index (χ0n) is 13.0. The van der Waals surface area contributed by atoms with Crippen molar-refractivity contribution in [2.45, 2.75) is 25.8 Å². The van der Waals surface area contributed by atoms with Crippen LogP contribution in [0, 0.1) is 5.41 Å². The minimum Gasteiger partial charge on any atom is -0.481 e. The molecule has 1 aromatic carbocycles. The van der Waals surface area contributed by atoms with Crippen molar-refractivity contribution in [3.8, 4) is 0 Å². The molecule has 0 atom stereocenters. The fourth-order valence-corrected chi connectivity index (χ4v) is 3.18. The fraction of sp³-hybridized carbons (Fsp3) is 0.353. The molecule has 0 unspecified atom stereocenters. The lowest BCUT2D eigenvalue weighted by atomic mass is 9.81. The molecule has 1 heterocycles. The summed E-state index contributed by atoms with van der Waals surface area (Å²) < 4.78 is 1.66. The van der Waals surface area contributed by atoms with Crippen LogP contribution in [0.15, 0.2) is 36.7 Å². The quantitative estimate of drug-likeness (QED) is 0.871. The summed E-state index contributed by atoms with van der Waals surface area (Å²) in [5, 5.41) is 16.5. The summed E-state index contributed by atoms with van der Waals surface area (Å²) in [7, 11) is 1.81. The van der Waals surface area contributed by atoms with Crippen molar-refractivity contribution in [1.29, 1.82) is 0 Å². The second-order valence-electron chi connectivity index (χ2n) is 6.18. The molecule has 0 bridgehead atoms. The predicted molar refractivity (Wildman–Crippen MR) is 83.6 cm³/mol. The number of hydrogen-bond acceptors (Lipinski definition) is 3. The Kier molecular flexibility index (Phi) is 3.90. The number of nitrogens with zero attached hydrogens (tertiary/aromatic N) is 2. The lowest BCUT2D eigenvalue weighted by Crippen LogP contribution is -2.38. The number of carboxylic acid groups (broad SMARTS) is 1. The number of aryl methyl sites for hydroxylation is 1. The standard InChI is InChI=1S/C17H19N3O3/c1-20-11-12(10-19-20)9-18-15(21)8-17(16(22)23)6-13-4-2-3-5-14(13)7-17/h2-5,10-11H,6-9H2,1H3,(H,18,21)(H,22,23). The molecule has 3 rings (SSSR count). The van der Waals surface area contributed by atoms with E-state index in [4.69, 9.17) is 0 Å². The highest BCUT2D eigenvalue weighted by molar-refractivity contribution is 5.86. The average Bonchev–Trinajstić information content (AvgIpc) is 3.08. The number of hydrogen-bond donors (Lipinski definition) is 2. The maximum absolute atomic E-state index is 12.2. The number of amides is 1. The predicted octanol–water partition coefficient (Wildman–Crippen LogP) is 1.30. The van der Waals surface area contributed by atoms with E-state index in [9.17, 15) is 14.7 Å². The van der Waals surface area contributed by atoms with Gasteiger partial charge < -0.3 is 10.4 Å². The Morgan fingerprint density at radius 3 is 2.48 bits per heavy atom. The van der Waals surface area contributed by atoms with Crippen LogP contribution < -0.4 is 5.32 Å². The van der Waals surface area contributed by atoms with E-state index in [-0.39, 0.29) is 12.3 Å². The maximum Gasteiger partial charge on any atom is 0.310 e. The van der Waals surface area contributed by atoms with E-state index < -0.39 is 11.4 Å². The van der Waals surface area contributed by atoms with E-state index >= 15 is 0 Å². The fourth-order valence-electron chi connectivity index (χ4n) is 3.18. The Morgan fingerprint density at radius 1 is 1.30 bits per heavy atom. The topological polar surface area (TPSA) is 84.2 Å². The molecule has 1 aliphatic rings. The molecule has 0 aliphatic heterocycles. The first-order valence-electron chi connectivity index (χ1n) is 7.53. The SMILES string of the molecule is Cn1cc(CNC(=O)CC2(C(=O)O)Cc3ccccc3C2)cn1. The Labute approximate surface area is 134 Å². The molecule has 1 aromatic heterocycles. The molecular formula is C17H19N3O3. The minimum atomic E-state index is -1.04. The van der Waals surface area contributed by atoms with Gasteiger partial charge in [-0.2, -0.15) is 5.10 Å². The van der Waals surface area contributed by atoms with Crippen LogP contribution >= 0.6 is 0 Å². The Hall–Kier alpha value is -2.63. The zero-order chi connectivity index (χ0) is 16.4. The van der Waals surface area contributed by atoms with Gasteiger partial charge in [0.15, 0.2) is 0 Å². The molecule has 1 amide bonds. The van der Waals surface area contributed by atoms with Crippen molar-refractivity contribution < 1.29 is 14.7 Å². The molecular weight excluding hydrogens is 294 g/mol. The summed E-state index contributed by atoms with van der Waals surface area (Å²) in [6.07, 6.45) is 4.28. The summed E-state index contributed by atoms with van der Waals surface area (Å²) in [5.74, 6) is -1.16. The van der Waals surface area contributed by atoms with E-state index in [0.29, 0.717) is 19.4 Å². The Bertz CT molecular complexity index is 726. The second-order valence-corrected chi connectivity index (χ2v) is 6.18. The number of rotatable bonds is 5. The number of carbonyl (C=O) groups is 2. The first-order chi connectivity index (χ1) is 11.0. The second kappa shape index (κ2) is 5.87. The zero-order valence-corrected chi connectivity index (χ0v) is 13.0. The van der Waals surface area contributed by atoms with Crippen LogP contribution in [0.3, 0.4) is 0 Å². The molecule has 0 saturated heterocycles. The van der Waals surface area contributed by atoms with Crippen LogP contribution in [0.4, 0.5) is 0 Å². The van der Waals surface area contributed by atoms with E-state index in [2.05, 4.69) is 10.4 Å². The smallest absolute Gasteiger partial charge is 0.310 e. The van der Waals surface area contributed by atoms with Crippen LogP contribution in [-0.2, 0) is 36.0 Å². The summed E-state index contributed by atoms with van der Waals surface area (Å²) in [4.78, 5) is 24.1. The van der Waals surface area contributed by atoms with Gasteiger partial charge in [-0.05, 0) is 24.0 Å². The highest BCUT2D eigenvalue weighted by Gasteiger charge is 2.45. The number of aliphatic carboxylic acids is 1. The van der Waals surface area contributed by atoms with Crippen molar-refractivity contribution in [3.05, 3.63) is 53.3 Å². The van der Waals surface area contributed by atoms with Gasteiger partial charge in [-0.3, -0.25) is 14.3 Å². The molecule has 2 aromatic rings. The molecule has 0 spiro atoms. The number of carboxylic acids is 1. The summed E-state index contributed by atoms with van der Waals surface area (Å²) >= 11 is 0. The highest BCUT2D eigenvalue weighted by atomic mass is 16.4. The first kappa shape index (κ1) is 15.3. The largest absolute Gasteiger partial charge is 0.481 e. The van der Waals surface area contributed by atoms with Crippen LogP contribution in [0.1, 0.15) is 23.1 Å². The first-order valence-corrected chi connectivity index (χ1v) is 7.53. The third kappa shape index (κ3) is 3.11. The van der Waals surface area contributed by atoms with Crippen molar-refractivity contribution in [1.82, 2.24) is 15.1 Å². The lowest BCUT2D eigenvalue weighted by Gasteiger charge is -2.23. The van der Waals surface area contributed by atoms with Gasteiger partial charge in [0, 0.05) is 31.8 Å². The molecule has 1 aliphatic carbocycles. The highest BCUT2D eigenvalue weighted by Crippen LogP contribution is 2.40. The molecule has 0 fully saturated rings. The third-order valence-electron chi connectivity index (χ3n) is 4.38. The minimum absolute atomic E-state index is 0.0166. The molecule has 120 valence electrons. The van der Waals surface area contributed by atoms with Gasteiger partial charge in [0.1, 0.15) is 0 Å². The molecule has 2 N–H and O–H groups in total. The van der Waals surface area contributed by atoms with Crippen LogP contribution in [0.5, 0.6) is 0 Å². The van der Waals surface area contributed by atoms with Gasteiger partial charge in [0.05, 0.1) is 11.6 Å². The van der Waals surface area contributed by atoms with E-state index in [0.717, 1.165) is 16.7 Å². The Balaban J connectivity index is 1.67. The average molecular weight is 313 g/mol. The number of fused-ring (bicyclic) bond motifs is 1. The molecule has 0 saturated carbocycles. The number of benzene rings is 1. The molecule has 0 radical (unpaired) electrons. The van der Waals surface area contributed by atoms with Gasteiger partial charge in [-0.1, -0.05) is 24.3 Å². The lowest BCUT2D eigenvalue weighted by molar-refractivity contribution is -0.151. The van der Waals surface area contributed by atoms with Crippen molar-refractivity contribution in [2.24, 2.45) is 12.5 Å². The Morgan fingerprint density at radius 2 is 1.96 bits per heavy atom. The molecule has 23 heavy (non-hydrogen) atoms. The number of nitrogens with one attached hydrogen (secondary N) is 1. The molecule has 6 nitrogen and oxygen atoms in total. The van der Waals surface area contributed by atoms with Crippen LogP contribution in [-0.4, -0.2) is 26.8 Å². The van der Waals surface area contributed by atoms with Gasteiger partial charge in [-0.15, -0.1) is 0 Å². The van der Waals surface area contributed by atoms with Crippen molar-refractivity contribution >= 4 is 11.9 Å².